The van der Waals surface area contributed by atoms with Crippen LogP contribution in [0.3, 0.4) is 0 Å². The number of para-hydroxylation sites is 1. The van der Waals surface area contributed by atoms with Crippen LogP contribution < -0.4 is 9.75 Å². The summed E-state index contributed by atoms with van der Waals surface area (Å²) in [5.74, 6) is -1.08. The molecule has 7 rings (SSSR count). The second kappa shape index (κ2) is 11.8. The average Bonchev–Trinajstić information content (AvgIpc) is 3.67. The monoisotopic (exact) mass is 674 g/mol. The molecule has 1 aliphatic rings. The molecule has 0 atom stereocenters. The third kappa shape index (κ3) is 5.51. The predicted octanol–water partition coefficient (Wildman–Crippen LogP) is 11.1. The maximum atomic E-state index is 9.57. The van der Waals surface area contributed by atoms with Crippen molar-refractivity contribution < 1.29 is 14.2 Å². The van der Waals surface area contributed by atoms with Crippen molar-refractivity contribution in [1.82, 2.24) is 9.38 Å². The lowest BCUT2D eigenvalue weighted by Crippen LogP contribution is -2.46. The average molecular weight is 675 g/mol. The van der Waals surface area contributed by atoms with E-state index in [1.807, 2.05) is 31.3 Å². The highest BCUT2D eigenvalue weighted by Gasteiger charge is 2.31. The molecule has 0 radical (unpaired) electrons. The maximum Gasteiger partial charge on any atom is 0.214 e. The van der Waals surface area contributed by atoms with Gasteiger partial charge in [0.15, 0.2) is 11.9 Å². The molecule has 6 aromatic rings. The molecule has 1 aliphatic carbocycles. The van der Waals surface area contributed by atoms with Crippen molar-refractivity contribution in [3.63, 3.8) is 0 Å². The smallest absolute Gasteiger partial charge is 0.214 e. The number of rotatable bonds is 5. The van der Waals surface area contributed by atoms with E-state index in [0.29, 0.717) is 29.7 Å². The Morgan fingerprint density at radius 3 is 2.38 bits per heavy atom. The van der Waals surface area contributed by atoms with Crippen LogP contribution in [0.15, 0.2) is 67.1 Å². The minimum atomic E-state index is -2.64. The quantitative estimate of drug-likeness (QED) is 0.101. The van der Waals surface area contributed by atoms with E-state index in [2.05, 4.69) is 72.6 Å². The lowest BCUT2D eigenvalue weighted by molar-refractivity contribution is -0.659. The number of thiazole rings is 1. The van der Waals surface area contributed by atoms with Crippen LogP contribution in [-0.2, 0) is 7.05 Å². The topological polar surface area (TPSA) is 25.5 Å². The summed E-state index contributed by atoms with van der Waals surface area (Å²) >= 11 is 1.59. The molecule has 6 heteroatoms. The Morgan fingerprint density at radius 1 is 1.00 bits per heavy atom. The lowest BCUT2D eigenvalue weighted by Gasteiger charge is -2.35. The maximum absolute atomic E-state index is 9.57. The number of aromatic nitrogens is 3. The van der Waals surface area contributed by atoms with Crippen LogP contribution >= 0.6 is 11.3 Å². The molecule has 0 bridgehead atoms. The predicted molar refractivity (Wildman–Crippen MR) is 207 cm³/mol. The Bertz CT molecular complexity index is 2500. The molecule has 1 fully saturated rings. The van der Waals surface area contributed by atoms with Gasteiger partial charge in [0.2, 0.25) is 5.69 Å². The third-order valence-corrected chi connectivity index (χ3v) is 13.4. The van der Waals surface area contributed by atoms with Crippen LogP contribution in [0.5, 0.6) is 0 Å². The third-order valence-electron chi connectivity index (χ3n) is 10.2. The summed E-state index contributed by atoms with van der Waals surface area (Å²) in [6.45, 7) is 15.5. The highest BCUT2D eigenvalue weighted by Crippen LogP contribution is 2.45. The van der Waals surface area contributed by atoms with E-state index in [1.54, 1.807) is 35.9 Å². The molecule has 4 nitrogen and oxygen atoms in total. The van der Waals surface area contributed by atoms with Gasteiger partial charge in [0.25, 0.3) is 0 Å². The number of fused-ring (bicyclic) bond motifs is 3. The van der Waals surface area contributed by atoms with Crippen molar-refractivity contribution in [2.45, 2.75) is 85.7 Å². The van der Waals surface area contributed by atoms with Crippen LogP contribution in [0, 0.1) is 32.6 Å². The molecule has 3 aromatic carbocycles. The van der Waals surface area contributed by atoms with Gasteiger partial charge in [0, 0.05) is 26.4 Å². The Balaban J connectivity index is 1.53. The first-order valence-corrected chi connectivity index (χ1v) is 21.0. The molecule has 0 spiro atoms. The number of hydrogen-bond donors (Lipinski definition) is 0. The van der Waals surface area contributed by atoms with Gasteiger partial charge in [0.1, 0.15) is 18.2 Å². The van der Waals surface area contributed by atoms with Gasteiger partial charge in [-0.1, -0.05) is 76.0 Å². The van der Waals surface area contributed by atoms with Crippen molar-refractivity contribution in [1.29, 1.82) is 0 Å². The van der Waals surface area contributed by atoms with Gasteiger partial charge in [0.05, 0.1) is 36.1 Å². The molecule has 3 heterocycles. The summed E-state index contributed by atoms with van der Waals surface area (Å²) < 4.78 is 67.9. The number of benzene rings is 3. The van der Waals surface area contributed by atoms with Gasteiger partial charge in [-0.05, 0) is 97.1 Å². The minimum Gasteiger partial charge on any atom is -0.289 e. The molecule has 0 N–H and O–H groups in total. The minimum absolute atomic E-state index is 0.0126. The number of imidazole rings is 1. The van der Waals surface area contributed by atoms with Gasteiger partial charge in [-0.2, -0.15) is 0 Å². The molecule has 3 aromatic heterocycles. The van der Waals surface area contributed by atoms with Crippen LogP contribution in [0.25, 0.3) is 53.5 Å². The molecule has 1 saturated carbocycles. The first kappa shape index (κ1) is 25.0. The summed E-state index contributed by atoms with van der Waals surface area (Å²) in [5.41, 5.74) is 7.13. The largest absolute Gasteiger partial charge is 0.289 e. The molecular formula is C42H47N4SSi+. The van der Waals surface area contributed by atoms with Gasteiger partial charge in [-0.25, -0.2) is 14.4 Å². The van der Waals surface area contributed by atoms with Crippen LogP contribution in [0.4, 0.5) is 5.69 Å². The van der Waals surface area contributed by atoms with Crippen LogP contribution in [0.1, 0.15) is 77.3 Å². The molecular weight excluding hydrogens is 621 g/mol. The molecule has 244 valence electrons. The van der Waals surface area contributed by atoms with Gasteiger partial charge in [-0.3, -0.25) is 4.40 Å². The van der Waals surface area contributed by atoms with E-state index < -0.39 is 27.7 Å². The first-order chi connectivity index (χ1) is 25.5. The lowest BCUT2D eigenvalue weighted by atomic mass is 9.71. The van der Waals surface area contributed by atoms with E-state index in [9.17, 15) is 1.37 Å². The fourth-order valence-corrected chi connectivity index (χ4v) is 10.2. The van der Waals surface area contributed by atoms with Crippen molar-refractivity contribution in [2.75, 3.05) is 0 Å². The Labute approximate surface area is 300 Å². The number of nitrogens with zero attached hydrogens (tertiary/aromatic N) is 4. The van der Waals surface area contributed by atoms with Crippen molar-refractivity contribution in [2.24, 2.45) is 12.5 Å². The second-order valence-corrected chi connectivity index (χ2v) is 21.2. The number of aryl methyl sites for hydroxylation is 4. The standard InChI is InChI=1S/C42H47N4SSi/c1-26-15-16-34-40(47-41-39(44-25-46(34)41)31-13-11-12-14-33(31)43-6)38(26)35-23-32(36(24-45(35)7)48(8,9)10)37-27(2)21-30(22-28(37)3)29-17-19-42(4,5)20-18-29/h11-16,21-25,29H,17-20H2,1-5,7-10H3/q+1/i2D3,3D3,29D. The Morgan fingerprint density at radius 2 is 1.71 bits per heavy atom. The van der Waals surface area contributed by atoms with Crippen molar-refractivity contribution in [3.05, 3.63) is 101 Å². The van der Waals surface area contributed by atoms with E-state index in [1.165, 1.54) is 0 Å². The van der Waals surface area contributed by atoms with E-state index in [-0.39, 0.29) is 22.1 Å². The summed E-state index contributed by atoms with van der Waals surface area (Å²) in [7, 11) is -0.259. The molecule has 48 heavy (non-hydrogen) atoms. The number of hydrogen-bond acceptors (Lipinski definition) is 2. The zero-order chi connectivity index (χ0) is 40.0. The highest BCUT2D eigenvalue weighted by molar-refractivity contribution is 7.25. The van der Waals surface area contributed by atoms with Gasteiger partial charge < -0.3 is 0 Å². The normalized spacial score (nSPS) is 18.7. The summed E-state index contributed by atoms with van der Waals surface area (Å²) in [4.78, 5) is 9.40. The van der Waals surface area contributed by atoms with Crippen LogP contribution in [-0.4, -0.2) is 17.5 Å². The summed E-state index contributed by atoms with van der Waals surface area (Å²) in [5, 5.41) is 0.953. The number of pyridine rings is 1. The van der Waals surface area contributed by atoms with E-state index in [0.717, 1.165) is 61.2 Å². The van der Waals surface area contributed by atoms with Gasteiger partial charge >= 0.3 is 0 Å². The van der Waals surface area contributed by atoms with E-state index in [4.69, 9.17) is 19.8 Å². The summed E-state index contributed by atoms with van der Waals surface area (Å²) in [6.07, 6.45) is 6.54. The molecule has 0 unspecified atom stereocenters. The molecule has 0 saturated heterocycles. The highest BCUT2D eigenvalue weighted by atomic mass is 32.1. The van der Waals surface area contributed by atoms with Crippen molar-refractivity contribution in [3.8, 4) is 33.6 Å². The van der Waals surface area contributed by atoms with Crippen molar-refractivity contribution >= 4 is 45.3 Å². The first-order valence-electron chi connectivity index (χ1n) is 20.1. The fourth-order valence-electron chi connectivity index (χ4n) is 7.30. The fraction of sp³-hybridized carbons (Fsp3) is 0.357. The van der Waals surface area contributed by atoms with Crippen LogP contribution in [0.2, 0.25) is 19.6 Å². The SMILES string of the molecule is [2H]C([2H])([2H])c1cc(C2([2H])CCC(C)(C)CC2)cc(C([2H])([2H])[2H])c1-c1cc(-c2c(C)ccc3c2sc2c(-c4ccccc4[N+]#[C-])ncn23)[n+](C)cc1[Si](C)(C)C. The Hall–Kier alpha value is -4.05. The second-order valence-electron chi connectivity index (χ2n) is 15.2. The molecule has 0 amide bonds. The Kier molecular flexibility index (Phi) is 6.16. The summed E-state index contributed by atoms with van der Waals surface area (Å²) in [6, 6.07) is 16.9. The van der Waals surface area contributed by atoms with Gasteiger partial charge in [-0.15, -0.1) is 11.3 Å². The van der Waals surface area contributed by atoms with E-state index >= 15 is 0 Å². The zero-order valence-corrected chi connectivity index (χ0v) is 30.7. The zero-order valence-electron chi connectivity index (χ0n) is 35.9. The molecule has 0 aliphatic heterocycles.